The highest BCUT2D eigenvalue weighted by atomic mass is 32.2. The number of rotatable bonds is 11. The Bertz CT molecular complexity index is 1020. The van der Waals surface area contributed by atoms with E-state index in [-0.39, 0.29) is 34.7 Å². The van der Waals surface area contributed by atoms with Crippen molar-refractivity contribution < 1.29 is 29.0 Å². The average molecular weight is 545 g/mol. The standard InChI is InChI=1S/C31H44O6S/c1-8-29(5,6)28(35)21(3)31-16-14-20(2)30(7,27(31)24(32)15-17-31)22(4)37-25(33)18-36-26(34)19-38-23-12-10-9-11-13-23/h8-13,20-22,27-28,35H,1,14-19H2,2-7H3/t20-,21+,22?,27+,28+,30+,31+/m1/s1. The molecule has 0 saturated heterocycles. The summed E-state index contributed by atoms with van der Waals surface area (Å²) in [6.45, 7) is 15.5. The van der Waals surface area contributed by atoms with Gasteiger partial charge in [-0.05, 0) is 55.6 Å². The second-order valence-corrected chi connectivity index (χ2v) is 13.1. The summed E-state index contributed by atoms with van der Waals surface area (Å²) >= 11 is 1.34. The Morgan fingerprint density at radius 1 is 1.21 bits per heavy atom. The molecule has 0 bridgehead atoms. The quantitative estimate of drug-likeness (QED) is 0.212. The van der Waals surface area contributed by atoms with E-state index in [0.29, 0.717) is 6.42 Å². The third-order valence-electron chi connectivity index (χ3n) is 9.76. The van der Waals surface area contributed by atoms with Gasteiger partial charge in [0.15, 0.2) is 6.61 Å². The lowest BCUT2D eigenvalue weighted by molar-refractivity contribution is -0.186. The minimum Gasteiger partial charge on any atom is -0.460 e. The molecule has 0 spiro atoms. The number of hydrogen-bond acceptors (Lipinski definition) is 7. The molecule has 2 aliphatic rings. The third-order valence-corrected chi connectivity index (χ3v) is 10.7. The molecule has 0 amide bonds. The number of aliphatic hydroxyl groups excluding tert-OH is 1. The van der Waals surface area contributed by atoms with Gasteiger partial charge in [0.2, 0.25) is 0 Å². The second kappa shape index (κ2) is 12.0. The fourth-order valence-corrected chi connectivity index (χ4v) is 7.63. The molecule has 1 aromatic carbocycles. The van der Waals surface area contributed by atoms with Crippen LogP contribution in [0.4, 0.5) is 0 Å². The minimum absolute atomic E-state index is 0.0992. The van der Waals surface area contributed by atoms with Crippen molar-refractivity contribution in [1.82, 2.24) is 0 Å². The number of carbonyl (C=O) groups is 3. The van der Waals surface area contributed by atoms with Crippen molar-refractivity contribution in [3.05, 3.63) is 43.0 Å². The maximum absolute atomic E-state index is 13.5. The van der Waals surface area contributed by atoms with Gasteiger partial charge in [0.1, 0.15) is 11.9 Å². The van der Waals surface area contributed by atoms with E-state index in [1.54, 1.807) is 6.08 Å². The van der Waals surface area contributed by atoms with E-state index in [2.05, 4.69) is 27.4 Å². The third kappa shape index (κ3) is 5.89. The lowest BCUT2D eigenvalue weighted by Gasteiger charge is -2.58. The van der Waals surface area contributed by atoms with Crippen LogP contribution in [-0.2, 0) is 23.9 Å². The molecule has 0 heterocycles. The number of thioether (sulfide) groups is 1. The van der Waals surface area contributed by atoms with Crippen molar-refractivity contribution in [3.63, 3.8) is 0 Å². The Morgan fingerprint density at radius 2 is 1.87 bits per heavy atom. The first-order valence-corrected chi connectivity index (χ1v) is 14.7. The molecule has 1 N–H and O–H groups in total. The highest BCUT2D eigenvalue weighted by molar-refractivity contribution is 8.00. The monoisotopic (exact) mass is 544 g/mol. The molecule has 38 heavy (non-hydrogen) atoms. The van der Waals surface area contributed by atoms with Crippen LogP contribution in [0.15, 0.2) is 47.9 Å². The predicted octanol–water partition coefficient (Wildman–Crippen LogP) is 5.86. The van der Waals surface area contributed by atoms with Crippen LogP contribution < -0.4 is 0 Å². The van der Waals surface area contributed by atoms with E-state index in [1.165, 1.54) is 11.8 Å². The van der Waals surface area contributed by atoms with Crippen LogP contribution in [0, 0.1) is 34.0 Å². The molecule has 2 saturated carbocycles. The fourth-order valence-electron chi connectivity index (χ4n) is 6.91. The Morgan fingerprint density at radius 3 is 2.50 bits per heavy atom. The summed E-state index contributed by atoms with van der Waals surface area (Å²) in [6, 6.07) is 9.50. The summed E-state index contributed by atoms with van der Waals surface area (Å²) in [5.74, 6) is -1.16. The first kappa shape index (κ1) is 30.4. The zero-order chi connectivity index (χ0) is 28.3. The van der Waals surface area contributed by atoms with Crippen molar-refractivity contribution in [2.75, 3.05) is 12.4 Å². The van der Waals surface area contributed by atoms with E-state index >= 15 is 0 Å². The predicted molar refractivity (Wildman–Crippen MR) is 149 cm³/mol. The van der Waals surface area contributed by atoms with Gasteiger partial charge in [-0.25, -0.2) is 4.79 Å². The maximum Gasteiger partial charge on any atom is 0.344 e. The van der Waals surface area contributed by atoms with Gasteiger partial charge in [-0.3, -0.25) is 9.59 Å². The maximum atomic E-state index is 13.5. The van der Waals surface area contributed by atoms with E-state index in [4.69, 9.17) is 9.47 Å². The molecular weight excluding hydrogens is 500 g/mol. The number of fused-ring (bicyclic) bond motifs is 1. The van der Waals surface area contributed by atoms with Crippen LogP contribution >= 0.6 is 11.8 Å². The lowest BCUT2D eigenvalue weighted by atomic mass is 9.47. The number of Topliss-reactive ketones (excluding diaryl/α,β-unsaturated/α-hetero) is 1. The Balaban J connectivity index is 1.70. The molecule has 0 aromatic heterocycles. The van der Waals surface area contributed by atoms with Crippen LogP contribution in [0.25, 0.3) is 0 Å². The number of carbonyl (C=O) groups excluding carboxylic acids is 3. The number of aliphatic hydroxyl groups is 1. The van der Waals surface area contributed by atoms with E-state index < -0.39 is 41.6 Å². The first-order chi connectivity index (χ1) is 17.8. The zero-order valence-electron chi connectivity index (χ0n) is 23.7. The molecule has 6 nitrogen and oxygen atoms in total. The molecule has 1 unspecified atom stereocenters. The average Bonchev–Trinajstić information content (AvgIpc) is 3.26. The molecule has 2 fully saturated rings. The number of ketones is 1. The van der Waals surface area contributed by atoms with Gasteiger partial charge in [0, 0.05) is 28.1 Å². The Kier molecular flexibility index (Phi) is 9.57. The molecule has 3 rings (SSSR count). The minimum atomic E-state index is -0.655. The highest BCUT2D eigenvalue weighted by Crippen LogP contribution is 2.65. The molecule has 210 valence electrons. The van der Waals surface area contributed by atoms with Gasteiger partial charge < -0.3 is 14.6 Å². The van der Waals surface area contributed by atoms with Crippen molar-refractivity contribution in [2.45, 2.75) is 84.3 Å². The summed E-state index contributed by atoms with van der Waals surface area (Å²) in [7, 11) is 0. The summed E-state index contributed by atoms with van der Waals surface area (Å²) in [4.78, 5) is 39.4. The first-order valence-electron chi connectivity index (χ1n) is 13.7. The van der Waals surface area contributed by atoms with Gasteiger partial charge in [-0.1, -0.05) is 58.9 Å². The summed E-state index contributed by atoms with van der Waals surface area (Å²) < 4.78 is 11.0. The largest absolute Gasteiger partial charge is 0.460 e. The number of esters is 2. The molecule has 1 aromatic rings. The van der Waals surface area contributed by atoms with Gasteiger partial charge in [-0.15, -0.1) is 18.3 Å². The summed E-state index contributed by atoms with van der Waals surface area (Å²) in [5, 5.41) is 11.4. The fraction of sp³-hybridized carbons (Fsp3) is 0.645. The molecule has 2 aliphatic carbocycles. The van der Waals surface area contributed by atoms with Gasteiger partial charge in [-0.2, -0.15) is 0 Å². The normalized spacial score (nSPS) is 29.6. The smallest absolute Gasteiger partial charge is 0.344 e. The van der Waals surface area contributed by atoms with Crippen molar-refractivity contribution in [2.24, 2.45) is 34.0 Å². The van der Waals surface area contributed by atoms with Crippen molar-refractivity contribution in [3.8, 4) is 0 Å². The molecule has 7 heteroatoms. The Hall–Kier alpha value is -2.12. The molecule has 0 radical (unpaired) electrons. The van der Waals surface area contributed by atoms with Crippen LogP contribution in [0.3, 0.4) is 0 Å². The highest BCUT2D eigenvalue weighted by Gasteiger charge is 2.65. The van der Waals surface area contributed by atoms with Gasteiger partial charge in [0.25, 0.3) is 0 Å². The van der Waals surface area contributed by atoms with Crippen molar-refractivity contribution in [1.29, 1.82) is 0 Å². The van der Waals surface area contributed by atoms with Crippen LogP contribution in [0.2, 0.25) is 0 Å². The van der Waals surface area contributed by atoms with Gasteiger partial charge >= 0.3 is 11.9 Å². The van der Waals surface area contributed by atoms with Crippen molar-refractivity contribution >= 4 is 29.5 Å². The lowest BCUT2D eigenvalue weighted by Crippen LogP contribution is -2.59. The molecule has 0 aliphatic heterocycles. The zero-order valence-corrected chi connectivity index (χ0v) is 24.5. The summed E-state index contributed by atoms with van der Waals surface area (Å²) in [6.07, 6.45) is 3.48. The van der Waals surface area contributed by atoms with Gasteiger partial charge in [0.05, 0.1) is 11.9 Å². The van der Waals surface area contributed by atoms with Crippen LogP contribution in [-0.4, -0.2) is 47.4 Å². The summed E-state index contributed by atoms with van der Waals surface area (Å²) in [5.41, 5.74) is -1.48. The van der Waals surface area contributed by atoms with Crippen LogP contribution in [0.5, 0.6) is 0 Å². The van der Waals surface area contributed by atoms with E-state index in [9.17, 15) is 19.5 Å². The van der Waals surface area contributed by atoms with Crippen LogP contribution in [0.1, 0.15) is 67.2 Å². The topological polar surface area (TPSA) is 89.9 Å². The number of benzene rings is 1. The molecule has 7 atom stereocenters. The molecular formula is C31H44O6S. The number of ether oxygens (including phenoxy) is 2. The number of hydrogen-bond donors (Lipinski definition) is 1. The SMILES string of the molecule is C=CC(C)(C)[C@@H](O)[C@H](C)[C@]12CCC(=O)[C@H]1[C@](C)(C(C)OC(=O)COC(=O)CSc1ccccc1)[C@H](C)CC2. The second-order valence-electron chi connectivity index (χ2n) is 12.1. The Labute approximate surface area is 231 Å². The van der Waals surface area contributed by atoms with E-state index in [1.807, 2.05) is 51.1 Å². The van der Waals surface area contributed by atoms with E-state index in [0.717, 1.165) is 24.2 Å².